The molecule has 1 N–H and O–H groups in total. The molecule has 0 atom stereocenters. The molecule has 6 nitrogen and oxygen atoms in total. The van der Waals surface area contributed by atoms with Gasteiger partial charge in [0.25, 0.3) is 0 Å². The highest BCUT2D eigenvalue weighted by atomic mass is 127. The predicted molar refractivity (Wildman–Crippen MR) is 117 cm³/mol. The van der Waals surface area contributed by atoms with Crippen LogP contribution in [0.2, 0.25) is 0 Å². The van der Waals surface area contributed by atoms with Gasteiger partial charge in [-0.2, -0.15) is 0 Å². The van der Waals surface area contributed by atoms with Crippen molar-refractivity contribution in [3.63, 3.8) is 0 Å². The number of esters is 1. The van der Waals surface area contributed by atoms with Crippen LogP contribution in [-0.2, 0) is 16.1 Å². The van der Waals surface area contributed by atoms with E-state index in [4.69, 9.17) is 9.73 Å². The first-order valence-electron chi connectivity index (χ1n) is 8.92. The van der Waals surface area contributed by atoms with Crippen molar-refractivity contribution >= 4 is 41.6 Å². The number of nitrogens with one attached hydrogen (secondary N) is 1. The molecule has 1 heterocycles. The van der Waals surface area contributed by atoms with Crippen LogP contribution in [0.1, 0.15) is 25.3 Å². The normalized spacial score (nSPS) is 15.2. The van der Waals surface area contributed by atoms with Gasteiger partial charge in [-0.25, -0.2) is 4.99 Å². The number of methoxy groups -OCH3 is 1. The first-order valence-corrected chi connectivity index (χ1v) is 8.92. The molecular formula is C19H31IN4O2. The summed E-state index contributed by atoms with van der Waals surface area (Å²) in [6.07, 6.45) is 1.63. The van der Waals surface area contributed by atoms with Gasteiger partial charge in [0.1, 0.15) is 0 Å². The predicted octanol–water partition coefficient (Wildman–Crippen LogP) is 2.72. The minimum absolute atomic E-state index is 0. The summed E-state index contributed by atoms with van der Waals surface area (Å²) in [5.74, 6) is 0.841. The van der Waals surface area contributed by atoms with Gasteiger partial charge >= 0.3 is 5.97 Å². The Morgan fingerprint density at radius 2 is 1.88 bits per heavy atom. The quantitative estimate of drug-likeness (QED) is 0.308. The third-order valence-corrected chi connectivity index (χ3v) is 4.53. The number of anilines is 1. The average Bonchev–Trinajstić information content (AvgIpc) is 2.65. The number of ether oxygens (including phenoxy) is 1. The van der Waals surface area contributed by atoms with E-state index in [0.29, 0.717) is 6.54 Å². The van der Waals surface area contributed by atoms with Gasteiger partial charge in [0.15, 0.2) is 5.96 Å². The summed E-state index contributed by atoms with van der Waals surface area (Å²) >= 11 is 0. The van der Waals surface area contributed by atoms with Crippen molar-refractivity contribution < 1.29 is 9.53 Å². The third-order valence-electron chi connectivity index (χ3n) is 4.53. The fraction of sp³-hybridized carbons (Fsp3) is 0.579. The molecule has 1 saturated heterocycles. The Kier molecular flexibility index (Phi) is 9.75. The number of likely N-dealkylation sites (tertiary alicyclic amines) is 1. The Bertz CT molecular complexity index is 582. The number of halogens is 1. The van der Waals surface area contributed by atoms with E-state index >= 15 is 0 Å². The van der Waals surface area contributed by atoms with Crippen LogP contribution in [0.25, 0.3) is 0 Å². The number of nitrogens with zero attached hydrogens (tertiary/aromatic N) is 3. The second-order valence-electron chi connectivity index (χ2n) is 6.52. The van der Waals surface area contributed by atoms with E-state index in [1.165, 1.54) is 18.4 Å². The van der Waals surface area contributed by atoms with E-state index in [9.17, 15) is 4.79 Å². The summed E-state index contributed by atoms with van der Waals surface area (Å²) in [5.41, 5.74) is 2.37. The molecule has 7 heteroatoms. The van der Waals surface area contributed by atoms with Crippen LogP contribution in [0.15, 0.2) is 29.3 Å². The smallest absolute Gasteiger partial charge is 0.308 e. The highest BCUT2D eigenvalue weighted by molar-refractivity contribution is 14.0. The topological polar surface area (TPSA) is 57.2 Å². The number of carbonyl (C=O) groups excluding carboxylic acids is 1. The maximum absolute atomic E-state index is 11.7. The molecule has 1 aliphatic heterocycles. The molecule has 0 aromatic heterocycles. The molecule has 1 aliphatic rings. The number of guanidine groups is 1. The van der Waals surface area contributed by atoms with Crippen LogP contribution in [0, 0.1) is 5.92 Å². The van der Waals surface area contributed by atoms with Crippen LogP contribution in [0.3, 0.4) is 0 Å². The Labute approximate surface area is 174 Å². The highest BCUT2D eigenvalue weighted by Gasteiger charge is 2.26. The lowest BCUT2D eigenvalue weighted by Gasteiger charge is -2.33. The molecule has 0 unspecified atom stereocenters. The average molecular weight is 474 g/mol. The van der Waals surface area contributed by atoms with Crippen molar-refractivity contribution in [1.82, 2.24) is 10.2 Å². The summed E-state index contributed by atoms with van der Waals surface area (Å²) < 4.78 is 4.86. The summed E-state index contributed by atoms with van der Waals surface area (Å²) in [6, 6.07) is 8.46. The van der Waals surface area contributed by atoms with Gasteiger partial charge in [-0.05, 0) is 37.5 Å². The van der Waals surface area contributed by atoms with Gasteiger partial charge in [0, 0.05) is 39.4 Å². The molecule has 1 aromatic carbocycles. The SMILES string of the molecule is CCNC(=NCc1ccc(N(C)C)cc1)N1CCC(C(=O)OC)CC1.I. The van der Waals surface area contributed by atoms with Crippen molar-refractivity contribution in [1.29, 1.82) is 0 Å². The van der Waals surface area contributed by atoms with E-state index in [0.717, 1.165) is 38.4 Å². The summed E-state index contributed by atoms with van der Waals surface area (Å²) in [6.45, 7) is 5.20. The summed E-state index contributed by atoms with van der Waals surface area (Å²) in [5, 5.41) is 3.36. The van der Waals surface area contributed by atoms with Crippen molar-refractivity contribution in [3.05, 3.63) is 29.8 Å². The minimum Gasteiger partial charge on any atom is -0.469 e. The zero-order valence-electron chi connectivity index (χ0n) is 16.2. The molecule has 0 aliphatic carbocycles. The van der Waals surface area contributed by atoms with Gasteiger partial charge in [0.05, 0.1) is 19.6 Å². The van der Waals surface area contributed by atoms with Crippen molar-refractivity contribution in [2.45, 2.75) is 26.3 Å². The molecule has 26 heavy (non-hydrogen) atoms. The Hall–Kier alpha value is -1.51. The minimum atomic E-state index is -0.0948. The second kappa shape index (κ2) is 11.3. The van der Waals surface area contributed by atoms with Gasteiger partial charge < -0.3 is 19.9 Å². The molecule has 0 amide bonds. The lowest BCUT2D eigenvalue weighted by molar-refractivity contribution is -0.146. The molecular weight excluding hydrogens is 443 g/mol. The molecule has 2 rings (SSSR count). The molecule has 0 radical (unpaired) electrons. The van der Waals surface area contributed by atoms with E-state index in [1.807, 2.05) is 14.1 Å². The van der Waals surface area contributed by atoms with E-state index < -0.39 is 0 Å². The van der Waals surface area contributed by atoms with Gasteiger partial charge in [-0.3, -0.25) is 4.79 Å². The van der Waals surface area contributed by atoms with Crippen molar-refractivity contribution in [3.8, 4) is 0 Å². The van der Waals surface area contributed by atoms with Gasteiger partial charge in [-0.1, -0.05) is 12.1 Å². The first-order chi connectivity index (χ1) is 12.0. The lowest BCUT2D eigenvalue weighted by atomic mass is 9.97. The van der Waals surface area contributed by atoms with Gasteiger partial charge in [-0.15, -0.1) is 24.0 Å². The van der Waals surface area contributed by atoms with Crippen LogP contribution in [0.4, 0.5) is 5.69 Å². The molecule has 0 saturated carbocycles. The fourth-order valence-corrected chi connectivity index (χ4v) is 2.99. The molecule has 1 fully saturated rings. The number of hydrogen-bond acceptors (Lipinski definition) is 4. The Morgan fingerprint density at radius 1 is 1.27 bits per heavy atom. The number of carbonyl (C=O) groups is 1. The molecule has 0 spiro atoms. The molecule has 0 bridgehead atoms. The van der Waals surface area contributed by atoms with Crippen LogP contribution in [-0.4, -0.2) is 57.7 Å². The van der Waals surface area contributed by atoms with E-state index in [1.54, 1.807) is 0 Å². The monoisotopic (exact) mass is 474 g/mol. The Balaban J connectivity index is 0.00000338. The van der Waals surface area contributed by atoms with Gasteiger partial charge in [0.2, 0.25) is 0 Å². The summed E-state index contributed by atoms with van der Waals surface area (Å²) in [4.78, 5) is 20.8. The second-order valence-corrected chi connectivity index (χ2v) is 6.52. The zero-order valence-corrected chi connectivity index (χ0v) is 18.5. The number of benzene rings is 1. The van der Waals surface area contributed by atoms with Crippen LogP contribution >= 0.6 is 24.0 Å². The number of aliphatic imine (C=N–C) groups is 1. The molecule has 1 aromatic rings. The first kappa shape index (κ1) is 22.5. The van der Waals surface area contributed by atoms with Crippen LogP contribution in [0.5, 0.6) is 0 Å². The summed E-state index contributed by atoms with van der Waals surface area (Å²) in [7, 11) is 5.53. The maximum Gasteiger partial charge on any atom is 0.308 e. The highest BCUT2D eigenvalue weighted by Crippen LogP contribution is 2.19. The van der Waals surface area contributed by atoms with Crippen molar-refractivity contribution in [2.24, 2.45) is 10.9 Å². The van der Waals surface area contributed by atoms with E-state index in [-0.39, 0.29) is 35.9 Å². The van der Waals surface area contributed by atoms with Crippen molar-refractivity contribution in [2.75, 3.05) is 45.7 Å². The third kappa shape index (κ3) is 6.34. The maximum atomic E-state index is 11.7. The number of hydrogen-bond donors (Lipinski definition) is 1. The lowest BCUT2D eigenvalue weighted by Crippen LogP contribution is -2.46. The van der Waals surface area contributed by atoms with E-state index in [2.05, 4.69) is 46.3 Å². The number of rotatable bonds is 5. The largest absolute Gasteiger partial charge is 0.469 e. The Morgan fingerprint density at radius 3 is 2.38 bits per heavy atom. The standard InChI is InChI=1S/C19H30N4O2.HI/c1-5-20-19(23-12-10-16(11-13-23)18(24)25-4)21-14-15-6-8-17(9-7-15)22(2)3;/h6-9,16H,5,10-14H2,1-4H3,(H,20,21);1H. The van der Waals surface area contributed by atoms with Crippen LogP contribution < -0.4 is 10.2 Å². The fourth-order valence-electron chi connectivity index (χ4n) is 2.99. The zero-order chi connectivity index (χ0) is 18.2. The molecule has 146 valence electrons. The number of piperidine rings is 1.